The number of pyridine rings is 1. The predicted octanol–water partition coefficient (Wildman–Crippen LogP) is 6.65. The Balaban J connectivity index is 1.89. The minimum Gasteiger partial charge on any atom is -0.497 e. The number of anilines is 2. The van der Waals surface area contributed by atoms with Crippen LogP contribution >= 0.6 is 15.9 Å². The lowest BCUT2D eigenvalue weighted by atomic mass is 9.90. The van der Waals surface area contributed by atoms with E-state index in [1.807, 2.05) is 18.2 Å². The molecule has 0 amide bonds. The monoisotopic (exact) mass is 488 g/mol. The van der Waals surface area contributed by atoms with E-state index in [1.165, 1.54) is 13.2 Å². The van der Waals surface area contributed by atoms with E-state index in [0.29, 0.717) is 28.2 Å². The fraction of sp³-hybridized carbons (Fsp3) is 0.217. The number of hydrogen-bond donors (Lipinski definition) is 2. The van der Waals surface area contributed by atoms with Crippen LogP contribution in [-0.2, 0) is 0 Å². The smallest absolute Gasteiger partial charge is 0.337 e. The van der Waals surface area contributed by atoms with E-state index in [2.05, 4.69) is 26.2 Å². The number of hydrogen-bond acceptors (Lipinski definition) is 4. The average molecular weight is 489 g/mol. The zero-order valence-electron chi connectivity index (χ0n) is 16.6. The van der Waals surface area contributed by atoms with Crippen LogP contribution in [0.5, 0.6) is 5.75 Å². The number of ether oxygens (including phenoxy) is 1. The molecule has 8 heteroatoms. The standard InChI is InChI=1S/C23H19BrF2N2O3/c1-31-15-3-5-20(17(11-15)22(29)30)28-21-16-10-14(24)2-4-19(16)27-12-18(21)13-6-8-23(25,26)9-7-13/h2-6,10-12H,7-9H2,1H3,(H,27,28)(H,29,30). The van der Waals surface area contributed by atoms with E-state index in [9.17, 15) is 18.7 Å². The molecule has 0 fully saturated rings. The van der Waals surface area contributed by atoms with Gasteiger partial charge in [0.15, 0.2) is 0 Å². The van der Waals surface area contributed by atoms with Gasteiger partial charge in [-0.25, -0.2) is 13.6 Å². The molecular weight excluding hydrogens is 470 g/mol. The fourth-order valence-corrected chi connectivity index (χ4v) is 4.01. The van der Waals surface area contributed by atoms with E-state index in [1.54, 1.807) is 24.4 Å². The van der Waals surface area contributed by atoms with Crippen molar-refractivity contribution >= 4 is 49.8 Å². The number of halogens is 3. The maximum atomic E-state index is 13.7. The first-order valence-corrected chi connectivity index (χ1v) is 10.4. The quantitative estimate of drug-likeness (QED) is 0.420. The first-order valence-electron chi connectivity index (χ1n) is 9.61. The molecule has 2 N–H and O–H groups in total. The zero-order chi connectivity index (χ0) is 22.2. The highest BCUT2D eigenvalue weighted by Gasteiger charge is 2.32. The Hall–Kier alpha value is -3.00. The highest BCUT2D eigenvalue weighted by atomic mass is 79.9. The van der Waals surface area contributed by atoms with Gasteiger partial charge < -0.3 is 15.2 Å². The van der Waals surface area contributed by atoms with Gasteiger partial charge in [-0.2, -0.15) is 0 Å². The van der Waals surface area contributed by atoms with Gasteiger partial charge in [0.05, 0.1) is 29.6 Å². The topological polar surface area (TPSA) is 71.5 Å². The molecule has 0 saturated carbocycles. The Bertz CT molecular complexity index is 1210. The molecule has 2 aromatic carbocycles. The molecule has 0 saturated heterocycles. The van der Waals surface area contributed by atoms with E-state index < -0.39 is 11.9 Å². The number of carbonyl (C=O) groups is 1. The Kier molecular flexibility index (Phi) is 5.66. The van der Waals surface area contributed by atoms with Gasteiger partial charge in [-0.1, -0.05) is 22.0 Å². The van der Waals surface area contributed by atoms with Crippen LogP contribution in [-0.4, -0.2) is 29.1 Å². The average Bonchev–Trinajstić information content (AvgIpc) is 2.74. The van der Waals surface area contributed by atoms with Crippen LogP contribution in [0.15, 0.2) is 53.1 Å². The molecule has 160 valence electrons. The molecule has 1 aliphatic rings. The lowest BCUT2D eigenvalue weighted by molar-refractivity contribution is -0.00603. The summed E-state index contributed by atoms with van der Waals surface area (Å²) in [5, 5.41) is 13.7. The van der Waals surface area contributed by atoms with Crippen molar-refractivity contribution in [3.05, 3.63) is 64.3 Å². The maximum absolute atomic E-state index is 13.7. The van der Waals surface area contributed by atoms with Crippen molar-refractivity contribution in [2.45, 2.75) is 25.2 Å². The Morgan fingerprint density at radius 1 is 1.26 bits per heavy atom. The molecule has 3 aromatic rings. The molecule has 5 nitrogen and oxygen atoms in total. The van der Waals surface area contributed by atoms with Gasteiger partial charge in [-0.05, 0) is 48.4 Å². The van der Waals surface area contributed by atoms with Gasteiger partial charge in [0, 0.05) is 34.5 Å². The van der Waals surface area contributed by atoms with Gasteiger partial charge in [0.2, 0.25) is 0 Å². The molecule has 0 atom stereocenters. The van der Waals surface area contributed by atoms with E-state index in [-0.39, 0.29) is 24.8 Å². The Labute approximate surface area is 185 Å². The fourth-order valence-electron chi connectivity index (χ4n) is 3.65. The van der Waals surface area contributed by atoms with Crippen LogP contribution < -0.4 is 10.1 Å². The number of nitrogens with zero attached hydrogens (tertiary/aromatic N) is 1. The third kappa shape index (κ3) is 4.39. The van der Waals surface area contributed by atoms with E-state index >= 15 is 0 Å². The summed E-state index contributed by atoms with van der Waals surface area (Å²) in [7, 11) is 1.46. The third-order valence-electron chi connectivity index (χ3n) is 5.30. The summed E-state index contributed by atoms with van der Waals surface area (Å²) in [4.78, 5) is 16.3. The predicted molar refractivity (Wildman–Crippen MR) is 119 cm³/mol. The third-order valence-corrected chi connectivity index (χ3v) is 5.79. The second-order valence-electron chi connectivity index (χ2n) is 7.34. The van der Waals surface area contributed by atoms with Crippen LogP contribution in [0.3, 0.4) is 0 Å². The van der Waals surface area contributed by atoms with Crippen molar-refractivity contribution in [2.24, 2.45) is 0 Å². The minimum absolute atomic E-state index is 0.0365. The molecule has 0 unspecified atom stereocenters. The highest BCUT2D eigenvalue weighted by molar-refractivity contribution is 9.10. The summed E-state index contributed by atoms with van der Waals surface area (Å²) >= 11 is 3.46. The second kappa shape index (κ2) is 8.26. The Morgan fingerprint density at radius 3 is 2.74 bits per heavy atom. The molecule has 31 heavy (non-hydrogen) atoms. The van der Waals surface area contributed by atoms with Crippen molar-refractivity contribution in [1.82, 2.24) is 4.98 Å². The molecule has 1 heterocycles. The van der Waals surface area contributed by atoms with Crippen LogP contribution in [0, 0.1) is 0 Å². The Morgan fingerprint density at radius 2 is 2.06 bits per heavy atom. The molecule has 4 rings (SSSR count). The van der Waals surface area contributed by atoms with Crippen LogP contribution in [0.2, 0.25) is 0 Å². The van der Waals surface area contributed by atoms with Crippen LogP contribution in [0.4, 0.5) is 20.2 Å². The molecular formula is C23H19BrF2N2O3. The SMILES string of the molecule is COc1ccc(Nc2c(C3=CCC(F)(F)CC3)cnc3ccc(Br)cc23)c(C(=O)O)c1. The number of rotatable bonds is 5. The van der Waals surface area contributed by atoms with Gasteiger partial charge in [-0.15, -0.1) is 0 Å². The summed E-state index contributed by atoms with van der Waals surface area (Å²) in [6, 6.07) is 10.3. The molecule has 0 bridgehead atoms. The van der Waals surface area contributed by atoms with Crippen molar-refractivity contribution in [3.8, 4) is 5.75 Å². The van der Waals surface area contributed by atoms with Crippen molar-refractivity contribution in [1.29, 1.82) is 0 Å². The van der Waals surface area contributed by atoms with Crippen molar-refractivity contribution < 1.29 is 23.4 Å². The number of carboxylic acid groups (broad SMARTS) is 1. The number of methoxy groups -OCH3 is 1. The normalized spacial score (nSPS) is 15.4. The van der Waals surface area contributed by atoms with Crippen molar-refractivity contribution in [2.75, 3.05) is 12.4 Å². The number of fused-ring (bicyclic) bond motifs is 1. The van der Waals surface area contributed by atoms with Crippen LogP contribution in [0.25, 0.3) is 16.5 Å². The second-order valence-corrected chi connectivity index (χ2v) is 8.26. The number of carboxylic acids is 1. The van der Waals surface area contributed by atoms with Gasteiger partial charge in [0.25, 0.3) is 5.92 Å². The number of alkyl halides is 2. The summed E-state index contributed by atoms with van der Waals surface area (Å²) in [5.74, 6) is -3.40. The number of allylic oxidation sites excluding steroid dienone is 2. The summed E-state index contributed by atoms with van der Waals surface area (Å²) in [6.07, 6.45) is 2.83. The summed E-state index contributed by atoms with van der Waals surface area (Å²) < 4.78 is 33.4. The first-order chi connectivity index (χ1) is 14.8. The highest BCUT2D eigenvalue weighted by Crippen LogP contribution is 2.41. The summed E-state index contributed by atoms with van der Waals surface area (Å²) in [6.45, 7) is 0. The minimum atomic E-state index is -2.71. The van der Waals surface area contributed by atoms with E-state index in [4.69, 9.17) is 4.74 Å². The number of benzene rings is 2. The van der Waals surface area contributed by atoms with Crippen LogP contribution in [0.1, 0.15) is 35.2 Å². The number of nitrogens with one attached hydrogen (secondary N) is 1. The first kappa shape index (κ1) is 21.2. The molecule has 0 radical (unpaired) electrons. The molecule has 1 aromatic heterocycles. The zero-order valence-corrected chi connectivity index (χ0v) is 18.2. The van der Waals surface area contributed by atoms with Crippen molar-refractivity contribution in [3.63, 3.8) is 0 Å². The summed E-state index contributed by atoms with van der Waals surface area (Å²) in [5.41, 5.74) is 3.15. The largest absolute Gasteiger partial charge is 0.497 e. The van der Waals surface area contributed by atoms with Gasteiger partial charge in [0.1, 0.15) is 5.75 Å². The lowest BCUT2D eigenvalue weighted by Gasteiger charge is -2.24. The van der Waals surface area contributed by atoms with Gasteiger partial charge >= 0.3 is 5.97 Å². The van der Waals surface area contributed by atoms with Gasteiger partial charge in [-0.3, -0.25) is 4.98 Å². The van der Waals surface area contributed by atoms with E-state index in [0.717, 1.165) is 15.4 Å². The maximum Gasteiger partial charge on any atom is 0.337 e. The number of aromatic carboxylic acids is 1. The molecule has 0 spiro atoms. The molecule has 1 aliphatic carbocycles. The lowest BCUT2D eigenvalue weighted by Crippen LogP contribution is -2.18. The molecule has 0 aliphatic heterocycles. The number of aromatic nitrogens is 1.